The molecule has 0 atom stereocenters. The third-order valence-electron chi connectivity index (χ3n) is 3.56. The van der Waals surface area contributed by atoms with Crippen LogP contribution >= 0.6 is 11.6 Å². The van der Waals surface area contributed by atoms with Gasteiger partial charge in [-0.2, -0.15) is 0 Å². The lowest BCUT2D eigenvalue weighted by Crippen LogP contribution is -1.97. The molecule has 0 amide bonds. The van der Waals surface area contributed by atoms with Gasteiger partial charge in [-0.15, -0.1) is 0 Å². The van der Waals surface area contributed by atoms with E-state index in [1.807, 2.05) is 49.4 Å². The lowest BCUT2D eigenvalue weighted by Gasteiger charge is -2.11. The summed E-state index contributed by atoms with van der Waals surface area (Å²) in [5.41, 5.74) is 3.73. The smallest absolute Gasteiger partial charge is 0.253 e. The van der Waals surface area contributed by atoms with Crippen molar-refractivity contribution in [1.82, 2.24) is 4.98 Å². The first kappa shape index (κ1) is 14.5. The van der Waals surface area contributed by atoms with Crippen LogP contribution in [0.5, 0.6) is 5.75 Å². The predicted molar refractivity (Wildman–Crippen MR) is 88.7 cm³/mol. The largest absolute Gasteiger partial charge is 0.496 e. The van der Waals surface area contributed by atoms with Gasteiger partial charge >= 0.3 is 0 Å². The summed E-state index contributed by atoms with van der Waals surface area (Å²) < 4.78 is 5.37. The quantitative estimate of drug-likeness (QED) is 0.664. The standard InChI is InChI=1S/C18H14ClNO2/c1-11-7-8-15-13(9-11)14(18(19)21)10-16(20-15)12-5-3-4-6-17(12)22-2/h3-10H,1-2H3. The van der Waals surface area contributed by atoms with Crippen molar-refractivity contribution in [3.8, 4) is 17.0 Å². The monoisotopic (exact) mass is 311 g/mol. The van der Waals surface area contributed by atoms with E-state index in [1.165, 1.54) is 0 Å². The zero-order valence-electron chi connectivity index (χ0n) is 12.3. The Kier molecular flexibility index (Phi) is 3.82. The maximum Gasteiger partial charge on any atom is 0.253 e. The van der Waals surface area contributed by atoms with E-state index in [0.29, 0.717) is 17.0 Å². The summed E-state index contributed by atoms with van der Waals surface area (Å²) in [7, 11) is 1.61. The minimum Gasteiger partial charge on any atom is -0.496 e. The summed E-state index contributed by atoms with van der Waals surface area (Å²) in [6, 6.07) is 15.1. The number of carbonyl (C=O) groups excluding carboxylic acids is 1. The highest BCUT2D eigenvalue weighted by atomic mass is 35.5. The molecule has 0 saturated carbocycles. The van der Waals surface area contributed by atoms with Gasteiger partial charge in [0, 0.05) is 16.5 Å². The first-order valence-electron chi connectivity index (χ1n) is 6.85. The van der Waals surface area contributed by atoms with Gasteiger partial charge in [-0.1, -0.05) is 23.8 Å². The van der Waals surface area contributed by atoms with E-state index in [1.54, 1.807) is 13.2 Å². The lowest BCUT2D eigenvalue weighted by atomic mass is 10.0. The number of rotatable bonds is 3. The topological polar surface area (TPSA) is 39.2 Å². The molecule has 3 rings (SSSR count). The van der Waals surface area contributed by atoms with Crippen LogP contribution in [0.25, 0.3) is 22.2 Å². The number of aromatic nitrogens is 1. The molecule has 0 aliphatic heterocycles. The van der Waals surface area contributed by atoms with Gasteiger partial charge in [0.1, 0.15) is 5.75 Å². The number of para-hydroxylation sites is 1. The maximum absolute atomic E-state index is 11.8. The van der Waals surface area contributed by atoms with Crippen LogP contribution in [0.2, 0.25) is 0 Å². The molecule has 22 heavy (non-hydrogen) atoms. The second kappa shape index (κ2) is 5.78. The van der Waals surface area contributed by atoms with Crippen molar-refractivity contribution in [2.75, 3.05) is 7.11 Å². The Morgan fingerprint density at radius 3 is 2.64 bits per heavy atom. The van der Waals surface area contributed by atoms with Crippen molar-refractivity contribution in [1.29, 1.82) is 0 Å². The zero-order valence-corrected chi connectivity index (χ0v) is 13.0. The molecule has 2 aromatic carbocycles. The van der Waals surface area contributed by atoms with Crippen LogP contribution in [-0.4, -0.2) is 17.3 Å². The molecule has 1 aromatic heterocycles. The Morgan fingerprint density at radius 1 is 1.14 bits per heavy atom. The van der Waals surface area contributed by atoms with Gasteiger partial charge in [0.25, 0.3) is 5.24 Å². The molecule has 0 aliphatic carbocycles. The molecule has 0 aliphatic rings. The van der Waals surface area contributed by atoms with Crippen molar-refractivity contribution in [2.45, 2.75) is 6.92 Å². The molecule has 4 heteroatoms. The highest BCUT2D eigenvalue weighted by molar-refractivity contribution is 6.68. The van der Waals surface area contributed by atoms with E-state index in [-0.39, 0.29) is 0 Å². The molecule has 110 valence electrons. The molecule has 0 saturated heterocycles. The van der Waals surface area contributed by atoms with Crippen LogP contribution in [0.3, 0.4) is 0 Å². The number of fused-ring (bicyclic) bond motifs is 1. The number of ether oxygens (including phenoxy) is 1. The van der Waals surface area contributed by atoms with Crippen molar-refractivity contribution >= 4 is 27.7 Å². The van der Waals surface area contributed by atoms with E-state index in [0.717, 1.165) is 22.0 Å². The normalized spacial score (nSPS) is 10.7. The minimum atomic E-state index is -0.492. The summed E-state index contributed by atoms with van der Waals surface area (Å²) in [6.45, 7) is 1.97. The van der Waals surface area contributed by atoms with E-state index in [4.69, 9.17) is 16.3 Å². The number of nitrogens with zero attached hydrogens (tertiary/aromatic N) is 1. The molecule has 0 fully saturated rings. The number of aryl methyl sites for hydroxylation is 1. The van der Waals surface area contributed by atoms with Crippen molar-refractivity contribution in [3.05, 3.63) is 59.7 Å². The van der Waals surface area contributed by atoms with Crippen LogP contribution in [0.15, 0.2) is 48.5 Å². The number of halogens is 1. The Bertz CT molecular complexity index is 874. The number of hydrogen-bond acceptors (Lipinski definition) is 3. The zero-order chi connectivity index (χ0) is 15.7. The van der Waals surface area contributed by atoms with E-state index in [9.17, 15) is 4.79 Å². The third-order valence-corrected chi connectivity index (χ3v) is 3.76. The van der Waals surface area contributed by atoms with Crippen molar-refractivity contribution in [2.24, 2.45) is 0 Å². The fraction of sp³-hybridized carbons (Fsp3) is 0.111. The lowest BCUT2D eigenvalue weighted by molar-refractivity contribution is 0.108. The number of benzene rings is 2. The highest BCUT2D eigenvalue weighted by Gasteiger charge is 2.14. The molecule has 0 N–H and O–H groups in total. The predicted octanol–water partition coefficient (Wildman–Crippen LogP) is 4.60. The van der Waals surface area contributed by atoms with Crippen LogP contribution < -0.4 is 4.74 Å². The van der Waals surface area contributed by atoms with Gasteiger partial charge < -0.3 is 4.74 Å². The van der Waals surface area contributed by atoms with Gasteiger partial charge in [-0.05, 0) is 48.9 Å². The Hall–Kier alpha value is -2.39. The summed E-state index contributed by atoms with van der Waals surface area (Å²) >= 11 is 5.77. The fourth-order valence-corrected chi connectivity index (χ4v) is 2.65. The molecule has 1 heterocycles. The average molecular weight is 312 g/mol. The second-order valence-corrected chi connectivity index (χ2v) is 5.39. The van der Waals surface area contributed by atoms with E-state index >= 15 is 0 Å². The van der Waals surface area contributed by atoms with E-state index < -0.39 is 5.24 Å². The average Bonchev–Trinajstić information content (AvgIpc) is 2.53. The third kappa shape index (κ3) is 2.55. The molecule has 0 bridgehead atoms. The van der Waals surface area contributed by atoms with Gasteiger partial charge in [0.2, 0.25) is 0 Å². The first-order valence-corrected chi connectivity index (χ1v) is 7.22. The van der Waals surface area contributed by atoms with Crippen LogP contribution in [-0.2, 0) is 0 Å². The van der Waals surface area contributed by atoms with Crippen LogP contribution in [0.4, 0.5) is 0 Å². The maximum atomic E-state index is 11.8. The summed E-state index contributed by atoms with van der Waals surface area (Å²) in [4.78, 5) is 16.5. The SMILES string of the molecule is COc1ccccc1-c1cc(C(=O)Cl)c2cc(C)ccc2n1. The first-order chi connectivity index (χ1) is 10.6. The Morgan fingerprint density at radius 2 is 1.91 bits per heavy atom. The molecule has 3 aromatic rings. The summed E-state index contributed by atoms with van der Waals surface area (Å²) in [6.07, 6.45) is 0. The molecule has 3 nitrogen and oxygen atoms in total. The van der Waals surface area contributed by atoms with Gasteiger partial charge in [0.05, 0.1) is 18.3 Å². The van der Waals surface area contributed by atoms with Gasteiger partial charge in [-0.3, -0.25) is 4.79 Å². The summed E-state index contributed by atoms with van der Waals surface area (Å²) in [5, 5.41) is 0.271. The second-order valence-electron chi connectivity index (χ2n) is 5.05. The van der Waals surface area contributed by atoms with Crippen molar-refractivity contribution in [3.63, 3.8) is 0 Å². The minimum absolute atomic E-state index is 0.455. The molecular weight excluding hydrogens is 298 g/mol. The van der Waals surface area contributed by atoms with Crippen LogP contribution in [0, 0.1) is 6.92 Å². The fourth-order valence-electron chi connectivity index (χ4n) is 2.50. The summed E-state index contributed by atoms with van der Waals surface area (Å²) in [5.74, 6) is 0.703. The van der Waals surface area contributed by atoms with Gasteiger partial charge in [-0.25, -0.2) is 4.98 Å². The Balaban J connectivity index is 2.32. The Labute approximate surface area is 133 Å². The number of carbonyl (C=O) groups is 1. The molecular formula is C18H14ClNO2. The highest BCUT2D eigenvalue weighted by Crippen LogP contribution is 2.32. The van der Waals surface area contributed by atoms with Crippen LogP contribution in [0.1, 0.15) is 15.9 Å². The van der Waals surface area contributed by atoms with E-state index in [2.05, 4.69) is 4.98 Å². The van der Waals surface area contributed by atoms with Gasteiger partial charge in [0.15, 0.2) is 0 Å². The molecule has 0 unspecified atom stereocenters. The number of hydrogen-bond donors (Lipinski definition) is 0. The number of pyridine rings is 1. The number of methoxy groups -OCH3 is 1. The molecule has 0 radical (unpaired) electrons. The molecule has 0 spiro atoms. The van der Waals surface area contributed by atoms with Crippen molar-refractivity contribution < 1.29 is 9.53 Å².